The van der Waals surface area contributed by atoms with Crippen LogP contribution in [0.4, 0.5) is 0 Å². The molecule has 0 aromatic carbocycles. The van der Waals surface area contributed by atoms with Crippen LogP contribution >= 0.6 is 0 Å². The fraction of sp³-hybridized carbons (Fsp3) is 0.762. The van der Waals surface area contributed by atoms with Crippen LogP contribution in [0, 0.1) is 17.8 Å². The number of carboxylic acids is 1. The maximum absolute atomic E-state index is 13.0. The number of aliphatic carboxylic acids is 1. The molecule has 4 amide bonds. The van der Waals surface area contributed by atoms with Gasteiger partial charge < -0.3 is 32.5 Å². The van der Waals surface area contributed by atoms with E-state index in [1.807, 2.05) is 20.8 Å². The Kier molecular flexibility index (Phi) is 12.5. The van der Waals surface area contributed by atoms with Gasteiger partial charge in [-0.05, 0) is 24.2 Å². The SMILES string of the molecule is CCC(C)C(NC(=O)C(CC(C)C)NC(=O)C(N)C(C)C)C(=O)NC(CC(N)=O)C(=O)O. The highest BCUT2D eigenvalue weighted by Crippen LogP contribution is 2.12. The largest absolute Gasteiger partial charge is 0.480 e. The van der Waals surface area contributed by atoms with Crippen molar-refractivity contribution in [1.82, 2.24) is 16.0 Å². The van der Waals surface area contributed by atoms with E-state index in [-0.39, 0.29) is 17.8 Å². The zero-order valence-corrected chi connectivity index (χ0v) is 19.8. The van der Waals surface area contributed by atoms with E-state index in [1.54, 1.807) is 20.8 Å². The van der Waals surface area contributed by atoms with Gasteiger partial charge >= 0.3 is 5.97 Å². The number of carboxylic acid groups (broad SMARTS) is 1. The molecular weight excluding hydrogens is 418 g/mol. The average molecular weight is 458 g/mol. The molecule has 0 fully saturated rings. The maximum Gasteiger partial charge on any atom is 0.326 e. The van der Waals surface area contributed by atoms with Crippen LogP contribution in [0.15, 0.2) is 0 Å². The minimum Gasteiger partial charge on any atom is -0.480 e. The standard InChI is InChI=1S/C21H39N5O6/c1-7-12(6)17(20(30)25-14(21(31)32)9-15(22)27)26-18(28)13(8-10(2)3)24-19(29)16(23)11(4)5/h10-14,16-17H,7-9,23H2,1-6H3,(H2,22,27)(H,24,29)(H,25,30)(H,26,28)(H,31,32). The average Bonchev–Trinajstić information content (AvgIpc) is 2.68. The molecule has 32 heavy (non-hydrogen) atoms. The molecule has 184 valence electrons. The first kappa shape index (κ1) is 29.3. The van der Waals surface area contributed by atoms with E-state index in [9.17, 15) is 29.1 Å². The molecule has 0 saturated heterocycles. The van der Waals surface area contributed by atoms with Gasteiger partial charge in [-0.15, -0.1) is 0 Å². The lowest BCUT2D eigenvalue weighted by Gasteiger charge is -2.28. The van der Waals surface area contributed by atoms with E-state index in [1.165, 1.54) is 0 Å². The van der Waals surface area contributed by atoms with Crippen molar-refractivity contribution in [3.05, 3.63) is 0 Å². The van der Waals surface area contributed by atoms with Gasteiger partial charge in [-0.1, -0.05) is 48.0 Å². The van der Waals surface area contributed by atoms with Gasteiger partial charge in [-0.3, -0.25) is 19.2 Å². The Labute approximate surface area is 189 Å². The molecular formula is C21H39N5O6. The first-order valence-corrected chi connectivity index (χ1v) is 10.9. The Bertz CT molecular complexity index is 682. The summed E-state index contributed by atoms with van der Waals surface area (Å²) in [6.07, 6.45) is 0.239. The summed E-state index contributed by atoms with van der Waals surface area (Å²) in [6.45, 7) is 10.9. The lowest BCUT2D eigenvalue weighted by Crippen LogP contribution is -2.59. The number of hydrogen-bond acceptors (Lipinski definition) is 6. The van der Waals surface area contributed by atoms with Gasteiger partial charge in [0.1, 0.15) is 18.1 Å². The molecule has 8 N–H and O–H groups in total. The summed E-state index contributed by atoms with van der Waals surface area (Å²) < 4.78 is 0. The van der Waals surface area contributed by atoms with Gasteiger partial charge in [0, 0.05) is 0 Å². The molecule has 11 nitrogen and oxygen atoms in total. The smallest absolute Gasteiger partial charge is 0.326 e. The summed E-state index contributed by atoms with van der Waals surface area (Å²) in [4.78, 5) is 60.7. The molecule has 0 heterocycles. The monoisotopic (exact) mass is 457 g/mol. The highest BCUT2D eigenvalue weighted by Gasteiger charge is 2.33. The number of nitrogens with two attached hydrogens (primary N) is 2. The van der Waals surface area contributed by atoms with Gasteiger partial charge in [0.2, 0.25) is 23.6 Å². The number of primary amides is 1. The maximum atomic E-state index is 13.0. The third-order valence-electron chi connectivity index (χ3n) is 5.17. The third-order valence-corrected chi connectivity index (χ3v) is 5.17. The van der Waals surface area contributed by atoms with Crippen molar-refractivity contribution >= 4 is 29.6 Å². The van der Waals surface area contributed by atoms with Crippen molar-refractivity contribution in [2.45, 2.75) is 85.0 Å². The van der Waals surface area contributed by atoms with Crippen LogP contribution in [0.2, 0.25) is 0 Å². The first-order chi connectivity index (χ1) is 14.7. The fourth-order valence-corrected chi connectivity index (χ4v) is 2.89. The highest BCUT2D eigenvalue weighted by atomic mass is 16.4. The highest BCUT2D eigenvalue weighted by molar-refractivity contribution is 5.95. The summed E-state index contributed by atoms with van der Waals surface area (Å²) >= 11 is 0. The van der Waals surface area contributed by atoms with Gasteiger partial charge in [-0.2, -0.15) is 0 Å². The summed E-state index contributed by atoms with van der Waals surface area (Å²) in [7, 11) is 0. The summed E-state index contributed by atoms with van der Waals surface area (Å²) in [5.74, 6) is -4.53. The van der Waals surface area contributed by atoms with Crippen LogP contribution < -0.4 is 27.4 Å². The molecule has 0 aromatic heterocycles. The second kappa shape index (κ2) is 13.7. The van der Waals surface area contributed by atoms with E-state index in [4.69, 9.17) is 11.5 Å². The van der Waals surface area contributed by atoms with Crippen LogP contribution in [0.5, 0.6) is 0 Å². The quantitative estimate of drug-likeness (QED) is 0.202. The van der Waals surface area contributed by atoms with Gasteiger partial charge in [0.15, 0.2) is 0 Å². The molecule has 0 radical (unpaired) electrons. The molecule has 0 bridgehead atoms. The predicted molar refractivity (Wildman–Crippen MR) is 119 cm³/mol. The lowest BCUT2D eigenvalue weighted by molar-refractivity contribution is -0.144. The number of amides is 4. The molecule has 0 aliphatic heterocycles. The van der Waals surface area contributed by atoms with Crippen molar-refractivity contribution < 1.29 is 29.1 Å². The van der Waals surface area contributed by atoms with E-state index >= 15 is 0 Å². The van der Waals surface area contributed by atoms with Crippen molar-refractivity contribution in [3.8, 4) is 0 Å². The number of carbonyl (C=O) groups is 5. The zero-order chi connectivity index (χ0) is 25.2. The Balaban J connectivity index is 5.59. The fourth-order valence-electron chi connectivity index (χ4n) is 2.89. The minimum atomic E-state index is -1.52. The molecule has 0 aromatic rings. The van der Waals surface area contributed by atoms with Gasteiger partial charge in [0.05, 0.1) is 12.5 Å². The molecule has 0 rings (SSSR count). The number of carbonyl (C=O) groups excluding carboxylic acids is 4. The Morgan fingerprint density at radius 1 is 0.844 bits per heavy atom. The van der Waals surface area contributed by atoms with Crippen molar-refractivity contribution in [1.29, 1.82) is 0 Å². The summed E-state index contributed by atoms with van der Waals surface area (Å²) in [5, 5.41) is 16.8. The first-order valence-electron chi connectivity index (χ1n) is 10.9. The van der Waals surface area contributed by atoms with Crippen molar-refractivity contribution in [2.75, 3.05) is 0 Å². The topological polar surface area (TPSA) is 194 Å². The Hall–Kier alpha value is -2.69. The lowest BCUT2D eigenvalue weighted by atomic mass is 9.96. The normalized spacial score (nSPS) is 15.9. The molecule has 0 aliphatic rings. The second-order valence-corrected chi connectivity index (χ2v) is 8.90. The molecule has 5 unspecified atom stereocenters. The van der Waals surface area contributed by atoms with E-state index in [2.05, 4.69) is 16.0 Å². The third kappa shape index (κ3) is 10.1. The number of hydrogen-bond donors (Lipinski definition) is 6. The molecule has 0 spiro atoms. The second-order valence-electron chi connectivity index (χ2n) is 8.90. The van der Waals surface area contributed by atoms with Gasteiger partial charge in [0.25, 0.3) is 0 Å². The number of nitrogens with one attached hydrogen (secondary N) is 3. The Morgan fingerprint density at radius 3 is 1.78 bits per heavy atom. The van der Waals surface area contributed by atoms with Gasteiger partial charge in [-0.25, -0.2) is 4.79 Å². The minimum absolute atomic E-state index is 0.0594. The predicted octanol–water partition coefficient (Wildman–Crippen LogP) is -0.524. The van der Waals surface area contributed by atoms with Crippen LogP contribution in [0.25, 0.3) is 0 Å². The van der Waals surface area contributed by atoms with E-state index in [0.29, 0.717) is 12.8 Å². The van der Waals surface area contributed by atoms with E-state index in [0.717, 1.165) is 0 Å². The molecule has 5 atom stereocenters. The Morgan fingerprint density at radius 2 is 1.38 bits per heavy atom. The summed E-state index contributed by atoms with van der Waals surface area (Å²) in [5.41, 5.74) is 10.9. The molecule has 11 heteroatoms. The zero-order valence-electron chi connectivity index (χ0n) is 19.8. The molecule has 0 aliphatic carbocycles. The van der Waals surface area contributed by atoms with E-state index < -0.39 is 60.2 Å². The number of rotatable bonds is 14. The summed E-state index contributed by atoms with van der Waals surface area (Å²) in [6, 6.07) is -4.31. The van der Waals surface area contributed by atoms with Crippen LogP contribution in [-0.2, 0) is 24.0 Å². The van der Waals surface area contributed by atoms with Crippen LogP contribution in [0.1, 0.15) is 60.8 Å². The van der Waals surface area contributed by atoms with Crippen molar-refractivity contribution in [3.63, 3.8) is 0 Å². The van der Waals surface area contributed by atoms with Crippen LogP contribution in [-0.4, -0.2) is 58.9 Å². The molecule has 0 saturated carbocycles. The van der Waals surface area contributed by atoms with Crippen LogP contribution in [0.3, 0.4) is 0 Å². The van der Waals surface area contributed by atoms with Crippen molar-refractivity contribution in [2.24, 2.45) is 29.2 Å².